The minimum atomic E-state index is 0.504. The van der Waals surface area contributed by atoms with Crippen molar-refractivity contribution >= 4 is 0 Å². The lowest BCUT2D eigenvalue weighted by Crippen LogP contribution is -2.10. The van der Waals surface area contributed by atoms with E-state index < -0.39 is 0 Å². The van der Waals surface area contributed by atoms with Gasteiger partial charge in [0.25, 0.3) is 0 Å². The van der Waals surface area contributed by atoms with Gasteiger partial charge in [-0.25, -0.2) is 0 Å². The van der Waals surface area contributed by atoms with Crippen LogP contribution in [0.2, 0.25) is 0 Å². The van der Waals surface area contributed by atoms with E-state index in [0.717, 1.165) is 29.0 Å². The molecule has 3 nitrogen and oxygen atoms in total. The van der Waals surface area contributed by atoms with E-state index in [2.05, 4.69) is 6.58 Å². The van der Waals surface area contributed by atoms with Gasteiger partial charge in [-0.2, -0.15) is 0 Å². The van der Waals surface area contributed by atoms with Crippen LogP contribution in [0.15, 0.2) is 61.2 Å². The molecule has 0 saturated carbocycles. The first kappa shape index (κ1) is 15.1. The van der Waals surface area contributed by atoms with E-state index in [1.165, 1.54) is 0 Å². The summed E-state index contributed by atoms with van der Waals surface area (Å²) in [6.45, 7) is 5.31. The zero-order valence-corrected chi connectivity index (χ0v) is 12.1. The highest BCUT2D eigenvalue weighted by Crippen LogP contribution is 2.18. The fourth-order valence-corrected chi connectivity index (χ4v) is 2.00. The first-order valence-corrected chi connectivity index (χ1v) is 7.07. The van der Waals surface area contributed by atoms with Crippen LogP contribution in [0.25, 0.3) is 0 Å². The molecule has 0 aromatic heterocycles. The molecule has 2 N–H and O–H groups in total. The van der Waals surface area contributed by atoms with Crippen molar-refractivity contribution in [2.45, 2.75) is 13.0 Å². The van der Waals surface area contributed by atoms with Crippen LogP contribution in [0.3, 0.4) is 0 Å². The number of benzene rings is 2. The van der Waals surface area contributed by atoms with E-state index in [9.17, 15) is 0 Å². The molecule has 0 aliphatic heterocycles. The molecule has 2 aromatic rings. The van der Waals surface area contributed by atoms with E-state index in [4.69, 9.17) is 15.2 Å². The largest absolute Gasteiger partial charge is 0.490 e. The Bertz CT molecular complexity index is 564. The summed E-state index contributed by atoms with van der Waals surface area (Å²) in [7, 11) is 0. The van der Waals surface area contributed by atoms with Crippen molar-refractivity contribution < 1.29 is 9.47 Å². The standard InChI is InChI=1S/C18H21NO2/c1-2-5-16-6-3-4-7-18(16)21-13-12-20-17-10-8-15(14-19)9-11-17/h2-4,6-11H,1,5,12-14,19H2. The second-order valence-electron chi connectivity index (χ2n) is 4.65. The molecular formula is C18H21NO2. The number of ether oxygens (including phenoxy) is 2. The second-order valence-corrected chi connectivity index (χ2v) is 4.65. The fraction of sp³-hybridized carbons (Fsp3) is 0.222. The van der Waals surface area contributed by atoms with Gasteiger partial charge in [0.15, 0.2) is 0 Å². The summed E-state index contributed by atoms with van der Waals surface area (Å²) in [6, 6.07) is 15.8. The summed E-state index contributed by atoms with van der Waals surface area (Å²) < 4.78 is 11.4. The molecular weight excluding hydrogens is 262 g/mol. The summed E-state index contributed by atoms with van der Waals surface area (Å²) in [5, 5.41) is 0. The molecule has 0 aliphatic rings. The quantitative estimate of drug-likeness (QED) is 0.597. The molecule has 0 radical (unpaired) electrons. The Morgan fingerprint density at radius 1 is 0.952 bits per heavy atom. The van der Waals surface area contributed by atoms with E-state index >= 15 is 0 Å². The van der Waals surface area contributed by atoms with Crippen molar-refractivity contribution in [2.24, 2.45) is 5.73 Å². The van der Waals surface area contributed by atoms with Crippen LogP contribution in [-0.2, 0) is 13.0 Å². The summed E-state index contributed by atoms with van der Waals surface area (Å²) in [5.41, 5.74) is 7.79. The Morgan fingerprint density at radius 3 is 2.38 bits per heavy atom. The van der Waals surface area contributed by atoms with Crippen LogP contribution in [-0.4, -0.2) is 13.2 Å². The summed E-state index contributed by atoms with van der Waals surface area (Å²) in [4.78, 5) is 0. The summed E-state index contributed by atoms with van der Waals surface area (Å²) in [6.07, 6.45) is 2.68. The Hall–Kier alpha value is -2.26. The summed E-state index contributed by atoms with van der Waals surface area (Å²) >= 11 is 0. The molecule has 0 heterocycles. The van der Waals surface area contributed by atoms with Crippen molar-refractivity contribution in [3.8, 4) is 11.5 Å². The van der Waals surface area contributed by atoms with Crippen molar-refractivity contribution in [1.29, 1.82) is 0 Å². The van der Waals surface area contributed by atoms with Gasteiger partial charge in [0, 0.05) is 6.54 Å². The van der Waals surface area contributed by atoms with Gasteiger partial charge < -0.3 is 15.2 Å². The average Bonchev–Trinajstić information content (AvgIpc) is 2.54. The molecule has 0 saturated heterocycles. The molecule has 0 bridgehead atoms. The molecule has 0 fully saturated rings. The van der Waals surface area contributed by atoms with E-state index in [1.54, 1.807) is 0 Å². The molecule has 110 valence electrons. The molecule has 0 amide bonds. The van der Waals surface area contributed by atoms with Crippen LogP contribution in [0.4, 0.5) is 0 Å². The maximum Gasteiger partial charge on any atom is 0.122 e. The molecule has 0 unspecified atom stereocenters. The third-order valence-corrected chi connectivity index (χ3v) is 3.11. The predicted molar refractivity (Wildman–Crippen MR) is 85.7 cm³/mol. The SMILES string of the molecule is C=CCc1ccccc1OCCOc1ccc(CN)cc1. The number of rotatable bonds is 8. The molecule has 0 atom stereocenters. The van der Waals surface area contributed by atoms with Gasteiger partial charge in [0.1, 0.15) is 24.7 Å². The van der Waals surface area contributed by atoms with Gasteiger partial charge in [0.2, 0.25) is 0 Å². The Morgan fingerprint density at radius 2 is 1.67 bits per heavy atom. The number of hydrogen-bond donors (Lipinski definition) is 1. The van der Waals surface area contributed by atoms with Crippen LogP contribution in [0.5, 0.6) is 11.5 Å². The van der Waals surface area contributed by atoms with Gasteiger partial charge in [-0.05, 0) is 35.7 Å². The van der Waals surface area contributed by atoms with Crippen molar-refractivity contribution in [3.63, 3.8) is 0 Å². The number of para-hydroxylation sites is 1. The lowest BCUT2D eigenvalue weighted by atomic mass is 10.1. The number of nitrogens with two attached hydrogens (primary N) is 1. The number of hydrogen-bond acceptors (Lipinski definition) is 3. The normalized spacial score (nSPS) is 10.1. The monoisotopic (exact) mass is 283 g/mol. The highest BCUT2D eigenvalue weighted by molar-refractivity contribution is 5.34. The fourth-order valence-electron chi connectivity index (χ4n) is 2.00. The third kappa shape index (κ3) is 4.65. The van der Waals surface area contributed by atoms with Gasteiger partial charge in [0.05, 0.1) is 0 Å². The minimum absolute atomic E-state index is 0.504. The van der Waals surface area contributed by atoms with E-state index in [1.807, 2.05) is 54.6 Å². The molecule has 0 aliphatic carbocycles. The van der Waals surface area contributed by atoms with Crippen molar-refractivity contribution in [2.75, 3.05) is 13.2 Å². The lowest BCUT2D eigenvalue weighted by molar-refractivity contribution is 0.216. The second kappa shape index (κ2) is 8.12. The molecule has 0 spiro atoms. The highest BCUT2D eigenvalue weighted by atomic mass is 16.5. The highest BCUT2D eigenvalue weighted by Gasteiger charge is 2.01. The molecule has 3 heteroatoms. The number of allylic oxidation sites excluding steroid dienone is 1. The lowest BCUT2D eigenvalue weighted by Gasteiger charge is -2.11. The first-order valence-electron chi connectivity index (χ1n) is 7.07. The molecule has 2 rings (SSSR count). The van der Waals surface area contributed by atoms with Crippen LogP contribution in [0, 0.1) is 0 Å². The maximum absolute atomic E-state index is 5.76. The molecule has 21 heavy (non-hydrogen) atoms. The minimum Gasteiger partial charge on any atom is -0.490 e. The average molecular weight is 283 g/mol. The van der Waals surface area contributed by atoms with Gasteiger partial charge >= 0.3 is 0 Å². The van der Waals surface area contributed by atoms with Crippen molar-refractivity contribution in [1.82, 2.24) is 0 Å². The van der Waals surface area contributed by atoms with E-state index in [0.29, 0.717) is 19.8 Å². The predicted octanol–water partition coefficient (Wildman–Crippen LogP) is 3.33. The van der Waals surface area contributed by atoms with Gasteiger partial charge in [-0.15, -0.1) is 6.58 Å². The van der Waals surface area contributed by atoms with Crippen LogP contribution in [0.1, 0.15) is 11.1 Å². The Kier molecular flexibility index (Phi) is 5.85. The Balaban J connectivity index is 1.80. The maximum atomic E-state index is 5.76. The van der Waals surface area contributed by atoms with Crippen molar-refractivity contribution in [3.05, 3.63) is 72.3 Å². The Labute approximate surface area is 126 Å². The zero-order chi connectivity index (χ0) is 14.9. The van der Waals surface area contributed by atoms with Gasteiger partial charge in [-0.3, -0.25) is 0 Å². The van der Waals surface area contributed by atoms with Crippen LogP contribution >= 0.6 is 0 Å². The van der Waals surface area contributed by atoms with Gasteiger partial charge in [-0.1, -0.05) is 36.4 Å². The van der Waals surface area contributed by atoms with E-state index in [-0.39, 0.29) is 0 Å². The third-order valence-electron chi connectivity index (χ3n) is 3.11. The first-order chi connectivity index (χ1) is 10.3. The molecule has 2 aromatic carbocycles. The summed E-state index contributed by atoms with van der Waals surface area (Å²) in [5.74, 6) is 1.72. The zero-order valence-electron chi connectivity index (χ0n) is 12.1. The van der Waals surface area contributed by atoms with Crippen LogP contribution < -0.4 is 15.2 Å². The smallest absolute Gasteiger partial charge is 0.122 e. The topological polar surface area (TPSA) is 44.5 Å².